The third-order valence-corrected chi connectivity index (χ3v) is 4.13. The van der Waals surface area contributed by atoms with Crippen LogP contribution in [0.3, 0.4) is 0 Å². The Morgan fingerprint density at radius 3 is 2.27 bits per heavy atom. The van der Waals surface area contributed by atoms with E-state index >= 15 is 0 Å². The maximum atomic E-state index is 12.3. The first-order valence-electron chi connectivity index (χ1n) is 7.23. The van der Waals surface area contributed by atoms with Gasteiger partial charge in [0.2, 0.25) is 5.91 Å². The summed E-state index contributed by atoms with van der Waals surface area (Å²) in [6, 6.07) is 16.7. The van der Waals surface area contributed by atoms with Crippen molar-refractivity contribution in [3.05, 3.63) is 70.7 Å². The highest BCUT2D eigenvalue weighted by Crippen LogP contribution is 2.23. The van der Waals surface area contributed by atoms with E-state index in [1.54, 1.807) is 36.2 Å². The lowest BCUT2D eigenvalue weighted by Gasteiger charge is -2.26. The van der Waals surface area contributed by atoms with Gasteiger partial charge in [0.1, 0.15) is 0 Å². The number of nitrogens with zero attached hydrogens (tertiary/aromatic N) is 1. The SMILES string of the molecule is CC(c1ccccc1)N(C)C(=O)CC(O)c1ccc(Cl)cc1. The monoisotopic (exact) mass is 317 g/mol. The molecule has 0 fully saturated rings. The molecule has 116 valence electrons. The van der Waals surface area contributed by atoms with Crippen molar-refractivity contribution in [3.63, 3.8) is 0 Å². The molecule has 0 aliphatic heterocycles. The second-order valence-electron chi connectivity index (χ2n) is 5.36. The van der Waals surface area contributed by atoms with Crippen molar-refractivity contribution in [2.75, 3.05) is 7.05 Å². The number of halogens is 1. The maximum Gasteiger partial charge on any atom is 0.225 e. The van der Waals surface area contributed by atoms with Gasteiger partial charge in [0.25, 0.3) is 0 Å². The van der Waals surface area contributed by atoms with Crippen LogP contribution in [0.4, 0.5) is 0 Å². The Balaban J connectivity index is 2.00. The standard InChI is InChI=1S/C18H20ClNO2/c1-13(14-6-4-3-5-7-14)20(2)18(22)12-17(21)15-8-10-16(19)11-9-15/h3-11,13,17,21H,12H2,1-2H3. The van der Waals surface area contributed by atoms with Gasteiger partial charge in [-0.2, -0.15) is 0 Å². The normalized spacial score (nSPS) is 13.5. The summed E-state index contributed by atoms with van der Waals surface area (Å²) in [6.45, 7) is 1.97. The van der Waals surface area contributed by atoms with E-state index in [9.17, 15) is 9.90 Å². The molecule has 1 N–H and O–H groups in total. The third-order valence-electron chi connectivity index (χ3n) is 3.88. The number of hydrogen-bond acceptors (Lipinski definition) is 2. The Bertz CT molecular complexity index is 613. The number of rotatable bonds is 5. The average molecular weight is 318 g/mol. The molecule has 0 spiro atoms. The fourth-order valence-electron chi connectivity index (χ4n) is 2.28. The summed E-state index contributed by atoms with van der Waals surface area (Å²) in [5.74, 6) is -0.0983. The van der Waals surface area contributed by atoms with E-state index in [1.165, 1.54) is 0 Å². The van der Waals surface area contributed by atoms with Crippen molar-refractivity contribution >= 4 is 17.5 Å². The first-order chi connectivity index (χ1) is 10.5. The molecule has 3 nitrogen and oxygen atoms in total. The summed E-state index contributed by atoms with van der Waals surface area (Å²) in [5, 5.41) is 10.8. The van der Waals surface area contributed by atoms with Gasteiger partial charge in [-0.15, -0.1) is 0 Å². The summed E-state index contributed by atoms with van der Waals surface area (Å²) >= 11 is 5.83. The van der Waals surface area contributed by atoms with Gasteiger partial charge < -0.3 is 10.0 Å². The van der Waals surface area contributed by atoms with Crippen molar-refractivity contribution < 1.29 is 9.90 Å². The van der Waals surface area contributed by atoms with Crippen LogP contribution in [0.2, 0.25) is 5.02 Å². The lowest BCUT2D eigenvalue weighted by atomic mass is 10.0. The van der Waals surface area contributed by atoms with Crippen LogP contribution in [0.25, 0.3) is 0 Å². The molecule has 22 heavy (non-hydrogen) atoms. The zero-order valence-corrected chi connectivity index (χ0v) is 13.5. The number of aliphatic hydroxyl groups excluding tert-OH is 1. The second-order valence-corrected chi connectivity index (χ2v) is 5.80. The van der Waals surface area contributed by atoms with Gasteiger partial charge in [-0.05, 0) is 30.2 Å². The Labute approximate surface area is 136 Å². The maximum absolute atomic E-state index is 12.3. The van der Waals surface area contributed by atoms with E-state index in [0.717, 1.165) is 5.56 Å². The molecule has 0 aliphatic carbocycles. The highest BCUT2D eigenvalue weighted by atomic mass is 35.5. The third kappa shape index (κ3) is 4.09. The highest BCUT2D eigenvalue weighted by Gasteiger charge is 2.20. The molecule has 0 radical (unpaired) electrons. The van der Waals surface area contributed by atoms with Gasteiger partial charge in [-0.3, -0.25) is 4.79 Å². The molecule has 2 rings (SSSR count). The van der Waals surface area contributed by atoms with Crippen LogP contribution >= 0.6 is 11.6 Å². The van der Waals surface area contributed by atoms with Gasteiger partial charge in [-0.25, -0.2) is 0 Å². The highest BCUT2D eigenvalue weighted by molar-refractivity contribution is 6.30. The van der Waals surface area contributed by atoms with Gasteiger partial charge in [-0.1, -0.05) is 54.1 Å². The average Bonchev–Trinajstić information content (AvgIpc) is 2.54. The smallest absolute Gasteiger partial charge is 0.225 e. The summed E-state index contributed by atoms with van der Waals surface area (Å²) in [7, 11) is 1.76. The zero-order chi connectivity index (χ0) is 16.1. The largest absolute Gasteiger partial charge is 0.388 e. The number of carbonyl (C=O) groups excluding carboxylic acids is 1. The number of carbonyl (C=O) groups is 1. The molecule has 0 saturated heterocycles. The van der Waals surface area contributed by atoms with Gasteiger partial charge in [0.05, 0.1) is 18.6 Å². The van der Waals surface area contributed by atoms with E-state index in [2.05, 4.69) is 0 Å². The quantitative estimate of drug-likeness (QED) is 0.906. The minimum absolute atomic E-state index is 0.0360. The molecule has 1 amide bonds. The van der Waals surface area contributed by atoms with Crippen LogP contribution in [0.5, 0.6) is 0 Å². The van der Waals surface area contributed by atoms with Crippen molar-refractivity contribution in [1.82, 2.24) is 4.90 Å². The molecule has 0 aromatic heterocycles. The molecular weight excluding hydrogens is 298 g/mol. The molecule has 2 aromatic carbocycles. The molecular formula is C18H20ClNO2. The molecule has 0 heterocycles. The summed E-state index contributed by atoms with van der Waals surface area (Å²) in [6.07, 6.45) is -0.773. The van der Waals surface area contributed by atoms with Crippen molar-refractivity contribution in [3.8, 4) is 0 Å². The van der Waals surface area contributed by atoms with E-state index < -0.39 is 6.10 Å². The first kappa shape index (κ1) is 16.5. The van der Waals surface area contributed by atoms with Crippen LogP contribution in [-0.4, -0.2) is 23.0 Å². The molecule has 0 aliphatic rings. The van der Waals surface area contributed by atoms with E-state index in [-0.39, 0.29) is 18.4 Å². The van der Waals surface area contributed by atoms with Crippen molar-refractivity contribution in [2.24, 2.45) is 0 Å². The van der Waals surface area contributed by atoms with E-state index in [1.807, 2.05) is 37.3 Å². The van der Waals surface area contributed by atoms with Crippen molar-refractivity contribution in [1.29, 1.82) is 0 Å². The first-order valence-corrected chi connectivity index (χ1v) is 7.61. The molecule has 2 aromatic rings. The predicted octanol–water partition coefficient (Wildman–Crippen LogP) is 3.98. The fourth-order valence-corrected chi connectivity index (χ4v) is 2.41. The molecule has 2 unspecified atom stereocenters. The summed E-state index contributed by atoms with van der Waals surface area (Å²) in [4.78, 5) is 14.0. The van der Waals surface area contributed by atoms with Gasteiger partial charge in [0.15, 0.2) is 0 Å². The molecule has 0 saturated carbocycles. The fraction of sp³-hybridized carbons (Fsp3) is 0.278. The van der Waals surface area contributed by atoms with Crippen LogP contribution in [0.15, 0.2) is 54.6 Å². The molecule has 2 atom stereocenters. The van der Waals surface area contributed by atoms with Crippen LogP contribution in [0, 0.1) is 0 Å². The van der Waals surface area contributed by atoms with Crippen molar-refractivity contribution in [2.45, 2.75) is 25.5 Å². The Morgan fingerprint density at radius 2 is 1.68 bits per heavy atom. The number of hydrogen-bond donors (Lipinski definition) is 1. The topological polar surface area (TPSA) is 40.5 Å². The Morgan fingerprint density at radius 1 is 1.09 bits per heavy atom. The Kier molecular flexibility index (Phi) is 5.58. The second kappa shape index (κ2) is 7.43. The van der Waals surface area contributed by atoms with E-state index in [0.29, 0.717) is 10.6 Å². The molecule has 4 heteroatoms. The number of aliphatic hydroxyl groups is 1. The van der Waals surface area contributed by atoms with Gasteiger partial charge >= 0.3 is 0 Å². The van der Waals surface area contributed by atoms with Crippen LogP contribution in [0.1, 0.15) is 36.6 Å². The van der Waals surface area contributed by atoms with Gasteiger partial charge in [0, 0.05) is 12.1 Å². The minimum Gasteiger partial charge on any atom is -0.388 e. The van der Waals surface area contributed by atoms with Crippen LogP contribution in [-0.2, 0) is 4.79 Å². The summed E-state index contributed by atoms with van der Waals surface area (Å²) in [5.41, 5.74) is 1.76. The Hall–Kier alpha value is -1.84. The summed E-state index contributed by atoms with van der Waals surface area (Å²) < 4.78 is 0. The number of amides is 1. The minimum atomic E-state index is -0.824. The van der Waals surface area contributed by atoms with E-state index in [4.69, 9.17) is 11.6 Å². The lowest BCUT2D eigenvalue weighted by molar-refractivity contribution is -0.134. The molecule has 0 bridgehead atoms. The zero-order valence-electron chi connectivity index (χ0n) is 12.7. The lowest BCUT2D eigenvalue weighted by Crippen LogP contribution is -2.30. The van der Waals surface area contributed by atoms with Crippen LogP contribution < -0.4 is 0 Å². The predicted molar refractivity (Wildman–Crippen MR) is 88.7 cm³/mol. The number of benzene rings is 2.